The molecule has 2 amide bonds. The third-order valence-corrected chi connectivity index (χ3v) is 6.93. The van der Waals surface area contributed by atoms with E-state index >= 15 is 0 Å². The lowest BCUT2D eigenvalue weighted by Gasteiger charge is -2.24. The molecule has 5 rings (SSSR count). The number of aromatic nitrogens is 5. The number of fused-ring (bicyclic) bond motifs is 2. The zero-order valence-electron chi connectivity index (χ0n) is 22.7. The van der Waals surface area contributed by atoms with Crippen LogP contribution in [0.3, 0.4) is 0 Å². The van der Waals surface area contributed by atoms with Crippen molar-refractivity contribution in [2.75, 3.05) is 14.1 Å². The molecular weight excluding hydrogens is 490 g/mol. The van der Waals surface area contributed by atoms with Gasteiger partial charge in [-0.15, -0.1) is 0 Å². The number of pyridine rings is 1. The Balaban J connectivity index is 1.39. The lowest BCUT2D eigenvalue weighted by Crippen LogP contribution is -2.49. The third-order valence-electron chi connectivity index (χ3n) is 6.93. The molecule has 198 valence electrons. The quantitative estimate of drug-likeness (QED) is 0.342. The monoisotopic (exact) mass is 521 g/mol. The van der Waals surface area contributed by atoms with Crippen LogP contribution in [-0.4, -0.2) is 61.4 Å². The summed E-state index contributed by atoms with van der Waals surface area (Å²) in [5.74, 6) is 0.0732. The molecule has 0 aliphatic carbocycles. The topological polar surface area (TPSA) is 105 Å². The highest BCUT2D eigenvalue weighted by Crippen LogP contribution is 2.27. The Hall–Kier alpha value is -4.66. The lowest BCUT2D eigenvalue weighted by molar-refractivity contribution is -0.131. The second kappa shape index (κ2) is 10.6. The van der Waals surface area contributed by atoms with Crippen molar-refractivity contribution in [2.45, 2.75) is 32.7 Å². The van der Waals surface area contributed by atoms with Crippen LogP contribution in [0, 0.1) is 5.92 Å². The van der Waals surface area contributed by atoms with Gasteiger partial charge < -0.3 is 10.2 Å². The highest BCUT2D eigenvalue weighted by Gasteiger charge is 2.26. The normalized spacial score (nSPS) is 13.0. The lowest BCUT2D eigenvalue weighted by atomic mass is 9.97. The van der Waals surface area contributed by atoms with Crippen LogP contribution in [0.15, 0.2) is 73.2 Å². The first-order chi connectivity index (χ1) is 18.7. The van der Waals surface area contributed by atoms with Gasteiger partial charge in [0, 0.05) is 42.7 Å². The Morgan fingerprint density at radius 1 is 0.923 bits per heavy atom. The van der Waals surface area contributed by atoms with Crippen LogP contribution in [0.1, 0.15) is 48.3 Å². The van der Waals surface area contributed by atoms with E-state index in [1.165, 1.54) is 4.90 Å². The average molecular weight is 522 g/mol. The fourth-order valence-corrected chi connectivity index (χ4v) is 4.56. The Bertz CT molecular complexity index is 1660. The fraction of sp³-hybridized carbons (Fsp3) is 0.267. The molecule has 3 heterocycles. The molecule has 39 heavy (non-hydrogen) atoms. The number of hydrogen-bond acceptors (Lipinski definition) is 6. The maximum absolute atomic E-state index is 12.9. The maximum atomic E-state index is 12.9. The molecule has 0 aliphatic rings. The van der Waals surface area contributed by atoms with Crippen molar-refractivity contribution < 1.29 is 9.59 Å². The number of rotatable bonds is 7. The fourth-order valence-electron chi connectivity index (χ4n) is 4.56. The maximum Gasteiger partial charge on any atom is 0.251 e. The predicted molar refractivity (Wildman–Crippen MR) is 150 cm³/mol. The first-order valence-corrected chi connectivity index (χ1v) is 12.9. The molecule has 0 spiro atoms. The van der Waals surface area contributed by atoms with Crippen molar-refractivity contribution in [3.8, 4) is 11.3 Å². The Morgan fingerprint density at radius 3 is 2.38 bits per heavy atom. The molecule has 2 unspecified atom stereocenters. The minimum atomic E-state index is -0.596. The van der Waals surface area contributed by atoms with Gasteiger partial charge in [0.1, 0.15) is 11.7 Å². The number of hydrogen-bond donors (Lipinski definition) is 1. The van der Waals surface area contributed by atoms with Crippen molar-refractivity contribution in [3.63, 3.8) is 0 Å². The summed E-state index contributed by atoms with van der Waals surface area (Å²) in [6.07, 6.45) is 5.28. The molecule has 2 aromatic carbocycles. The molecule has 1 N–H and O–H groups in total. The zero-order valence-corrected chi connectivity index (χ0v) is 22.7. The van der Waals surface area contributed by atoms with Gasteiger partial charge in [0.05, 0.1) is 23.6 Å². The summed E-state index contributed by atoms with van der Waals surface area (Å²) in [6.45, 7) is 5.94. The van der Waals surface area contributed by atoms with E-state index in [0.29, 0.717) is 17.0 Å². The Kier molecular flexibility index (Phi) is 7.06. The Morgan fingerprint density at radius 2 is 1.67 bits per heavy atom. The molecule has 5 aromatic rings. The van der Waals surface area contributed by atoms with Crippen molar-refractivity contribution in [1.82, 2.24) is 34.8 Å². The van der Waals surface area contributed by atoms with Crippen LogP contribution in [-0.2, 0) is 4.79 Å². The van der Waals surface area contributed by atoms with Crippen LogP contribution >= 0.6 is 0 Å². The Labute approximate surface area is 226 Å². The number of imidazole rings is 1. The van der Waals surface area contributed by atoms with E-state index in [-0.39, 0.29) is 23.7 Å². The van der Waals surface area contributed by atoms with Gasteiger partial charge in [0.2, 0.25) is 5.91 Å². The van der Waals surface area contributed by atoms with Gasteiger partial charge in [0.25, 0.3) is 11.7 Å². The first kappa shape index (κ1) is 26.0. The second-order valence-corrected chi connectivity index (χ2v) is 10.2. The van der Waals surface area contributed by atoms with E-state index < -0.39 is 6.04 Å². The van der Waals surface area contributed by atoms with E-state index in [1.54, 1.807) is 43.1 Å². The molecule has 9 heteroatoms. The molecule has 2 atom stereocenters. The van der Waals surface area contributed by atoms with Crippen LogP contribution in [0.25, 0.3) is 27.9 Å². The van der Waals surface area contributed by atoms with Gasteiger partial charge in [0.15, 0.2) is 0 Å². The third kappa shape index (κ3) is 5.20. The van der Waals surface area contributed by atoms with Crippen LogP contribution in [0.4, 0.5) is 0 Å². The average Bonchev–Trinajstić information content (AvgIpc) is 3.38. The van der Waals surface area contributed by atoms with E-state index in [9.17, 15) is 9.59 Å². The second-order valence-electron chi connectivity index (χ2n) is 10.2. The number of nitrogens with one attached hydrogen (secondary N) is 1. The summed E-state index contributed by atoms with van der Waals surface area (Å²) in [5.41, 5.74) is 4.94. The standard InChI is InChI=1S/C30H31N7O2/c1-18(2)27(29(39)36(4)5)34-28(38)21-10-8-20(9-11-21)25-16-32-30-33-17-26(37(30)35-25)19(3)22-12-13-24-23(15-22)7-6-14-31-24/h6-19,27H,1-5H3,(H,34,38). The van der Waals surface area contributed by atoms with Gasteiger partial charge >= 0.3 is 0 Å². The molecule has 0 saturated carbocycles. The van der Waals surface area contributed by atoms with Crippen molar-refractivity contribution in [1.29, 1.82) is 0 Å². The summed E-state index contributed by atoms with van der Waals surface area (Å²) in [4.78, 5) is 40.2. The number of nitrogens with zero attached hydrogens (tertiary/aromatic N) is 6. The molecule has 0 fully saturated rings. The number of carbonyl (C=O) groups excluding carboxylic acids is 2. The molecule has 3 aromatic heterocycles. The highest BCUT2D eigenvalue weighted by molar-refractivity contribution is 5.97. The predicted octanol–water partition coefficient (Wildman–Crippen LogP) is 4.33. The molecule has 9 nitrogen and oxygen atoms in total. The summed E-state index contributed by atoms with van der Waals surface area (Å²) < 4.78 is 1.77. The molecular formula is C30H31N7O2. The van der Waals surface area contributed by atoms with Crippen molar-refractivity contribution >= 4 is 28.5 Å². The van der Waals surface area contributed by atoms with Gasteiger partial charge in [-0.1, -0.05) is 45.0 Å². The summed E-state index contributed by atoms with van der Waals surface area (Å²) in [7, 11) is 3.37. The van der Waals surface area contributed by atoms with Gasteiger partial charge in [-0.05, 0) is 41.8 Å². The number of likely N-dealkylation sites (N-methyl/N-ethyl adjacent to an activating group) is 1. The SMILES string of the molecule is CC(c1ccc2ncccc2c1)c1cnc2ncc(-c3ccc(C(=O)NC(C(=O)N(C)C)C(C)C)cc3)nn12. The van der Waals surface area contributed by atoms with Gasteiger partial charge in [-0.3, -0.25) is 14.6 Å². The number of amides is 2. The largest absolute Gasteiger partial charge is 0.347 e. The molecule has 0 aliphatic heterocycles. The zero-order chi connectivity index (χ0) is 27.7. The minimum Gasteiger partial charge on any atom is -0.347 e. The summed E-state index contributed by atoms with van der Waals surface area (Å²) in [6, 6.07) is 16.8. The van der Waals surface area contributed by atoms with Crippen LogP contribution in [0.2, 0.25) is 0 Å². The van der Waals surface area contributed by atoms with Crippen molar-refractivity contribution in [3.05, 3.63) is 90.0 Å². The van der Waals surface area contributed by atoms with Crippen molar-refractivity contribution in [2.24, 2.45) is 5.92 Å². The summed E-state index contributed by atoms with van der Waals surface area (Å²) >= 11 is 0. The number of carbonyl (C=O) groups is 2. The number of benzene rings is 2. The van der Waals surface area contributed by atoms with E-state index in [0.717, 1.165) is 27.7 Å². The van der Waals surface area contributed by atoms with E-state index in [2.05, 4.69) is 45.4 Å². The highest BCUT2D eigenvalue weighted by atomic mass is 16.2. The molecule has 0 radical (unpaired) electrons. The van der Waals surface area contributed by atoms with E-state index in [1.807, 2.05) is 44.3 Å². The van der Waals surface area contributed by atoms with Crippen LogP contribution < -0.4 is 5.32 Å². The van der Waals surface area contributed by atoms with E-state index in [4.69, 9.17) is 5.10 Å². The molecule has 0 saturated heterocycles. The smallest absolute Gasteiger partial charge is 0.251 e. The molecule has 0 bridgehead atoms. The van der Waals surface area contributed by atoms with Crippen LogP contribution in [0.5, 0.6) is 0 Å². The summed E-state index contributed by atoms with van der Waals surface area (Å²) in [5, 5.41) is 8.78. The first-order valence-electron chi connectivity index (χ1n) is 12.9. The minimum absolute atomic E-state index is 0.0269. The van der Waals surface area contributed by atoms with Gasteiger partial charge in [-0.2, -0.15) is 5.10 Å². The van der Waals surface area contributed by atoms with Gasteiger partial charge in [-0.25, -0.2) is 14.5 Å².